The highest BCUT2D eigenvalue weighted by molar-refractivity contribution is 5.91. The van der Waals surface area contributed by atoms with Crippen molar-refractivity contribution in [3.05, 3.63) is 68.1 Å². The molecule has 1 amide bonds. The molecule has 0 aliphatic carbocycles. The number of carbonyl (C=O) groups is 1. The van der Waals surface area contributed by atoms with Crippen molar-refractivity contribution < 1.29 is 9.18 Å². The van der Waals surface area contributed by atoms with Crippen LogP contribution >= 0.6 is 0 Å². The quantitative estimate of drug-likeness (QED) is 0.446. The predicted molar refractivity (Wildman–Crippen MR) is 112 cm³/mol. The first-order chi connectivity index (χ1) is 14.7. The molecule has 0 atom stereocenters. The van der Waals surface area contributed by atoms with Crippen LogP contribution in [0, 0.1) is 19.7 Å². The molecule has 3 aromatic heterocycles. The number of amides is 1. The zero-order valence-corrected chi connectivity index (χ0v) is 17.1. The van der Waals surface area contributed by atoms with Crippen molar-refractivity contribution in [1.82, 2.24) is 29.3 Å². The third kappa shape index (κ3) is 3.89. The van der Waals surface area contributed by atoms with Crippen LogP contribution in [0.5, 0.6) is 0 Å². The molecule has 0 saturated heterocycles. The van der Waals surface area contributed by atoms with E-state index in [1.807, 2.05) is 19.9 Å². The van der Waals surface area contributed by atoms with Gasteiger partial charge in [-0.2, -0.15) is 5.10 Å². The Morgan fingerprint density at radius 3 is 2.65 bits per heavy atom. The van der Waals surface area contributed by atoms with Crippen molar-refractivity contribution in [2.75, 3.05) is 5.32 Å². The van der Waals surface area contributed by atoms with Crippen LogP contribution in [0.15, 0.2) is 33.9 Å². The fourth-order valence-electron chi connectivity index (χ4n) is 3.36. The Balaban J connectivity index is 1.45. The Kier molecular flexibility index (Phi) is 5.01. The van der Waals surface area contributed by atoms with Crippen molar-refractivity contribution in [1.29, 1.82) is 0 Å². The Hall–Kier alpha value is -4.02. The largest absolute Gasteiger partial charge is 0.336 e. The lowest BCUT2D eigenvalue weighted by Crippen LogP contribution is -2.28. The molecule has 0 saturated carbocycles. The summed E-state index contributed by atoms with van der Waals surface area (Å²) in [4.78, 5) is 45.0. The molecule has 11 heteroatoms. The van der Waals surface area contributed by atoms with Crippen LogP contribution in [0.25, 0.3) is 16.9 Å². The predicted octanol–water partition coefficient (Wildman–Crippen LogP) is 1.46. The van der Waals surface area contributed by atoms with Gasteiger partial charge in [-0.15, -0.1) is 0 Å². The average Bonchev–Trinajstić information content (AvgIpc) is 3.28. The SMILES string of the molecule is Cc1cc(C)n(-c2ccc(NC(=O)CCc3nc4c([nH]3)c(=O)[nH]c(=O)n4C)cc2F)n1. The molecule has 0 fully saturated rings. The van der Waals surface area contributed by atoms with Crippen LogP contribution < -0.4 is 16.6 Å². The molecule has 4 aromatic rings. The molecule has 31 heavy (non-hydrogen) atoms. The first-order valence-corrected chi connectivity index (χ1v) is 9.54. The van der Waals surface area contributed by atoms with Gasteiger partial charge in [-0.1, -0.05) is 0 Å². The second-order valence-electron chi connectivity index (χ2n) is 7.25. The lowest BCUT2D eigenvalue weighted by atomic mass is 10.2. The summed E-state index contributed by atoms with van der Waals surface area (Å²) >= 11 is 0. The zero-order valence-electron chi connectivity index (χ0n) is 17.1. The maximum Gasteiger partial charge on any atom is 0.329 e. The molecule has 3 N–H and O–H groups in total. The highest BCUT2D eigenvalue weighted by atomic mass is 19.1. The smallest absolute Gasteiger partial charge is 0.329 e. The summed E-state index contributed by atoms with van der Waals surface area (Å²) in [6, 6.07) is 6.23. The van der Waals surface area contributed by atoms with Crippen molar-refractivity contribution in [3.63, 3.8) is 0 Å². The minimum atomic E-state index is -0.570. The summed E-state index contributed by atoms with van der Waals surface area (Å²) in [5.74, 6) is -0.467. The third-order valence-electron chi connectivity index (χ3n) is 4.86. The van der Waals surface area contributed by atoms with E-state index in [1.54, 1.807) is 12.1 Å². The number of imidazole rings is 1. The van der Waals surface area contributed by atoms with Crippen LogP contribution in [0.1, 0.15) is 23.6 Å². The maximum atomic E-state index is 14.6. The lowest BCUT2D eigenvalue weighted by molar-refractivity contribution is -0.116. The van der Waals surface area contributed by atoms with Gasteiger partial charge in [-0.3, -0.25) is 19.1 Å². The molecule has 0 bridgehead atoms. The number of benzene rings is 1. The number of hydrogen-bond donors (Lipinski definition) is 3. The summed E-state index contributed by atoms with van der Waals surface area (Å²) in [5, 5.41) is 6.91. The van der Waals surface area contributed by atoms with E-state index in [-0.39, 0.29) is 29.9 Å². The summed E-state index contributed by atoms with van der Waals surface area (Å²) in [6.45, 7) is 3.66. The number of nitrogens with zero attached hydrogens (tertiary/aromatic N) is 4. The van der Waals surface area contributed by atoms with E-state index >= 15 is 0 Å². The standard InChI is InChI=1S/C20H20FN7O3/c1-10-8-11(2)28(26-10)14-5-4-12(9-13(14)21)22-16(29)7-6-15-23-17-18(24-15)27(3)20(31)25-19(17)30/h4-5,8-9H,6-7H2,1-3H3,(H,22,29)(H,23,24)(H,25,30,31). The van der Waals surface area contributed by atoms with Gasteiger partial charge in [0.15, 0.2) is 11.5 Å². The topological polar surface area (TPSA) is 130 Å². The minimum Gasteiger partial charge on any atom is -0.336 e. The number of fused-ring (bicyclic) bond motifs is 1. The molecule has 0 aliphatic rings. The lowest BCUT2D eigenvalue weighted by Gasteiger charge is -2.09. The number of aryl methyl sites for hydroxylation is 4. The molecular weight excluding hydrogens is 405 g/mol. The maximum absolute atomic E-state index is 14.6. The Bertz CT molecular complexity index is 1430. The molecule has 0 radical (unpaired) electrons. The zero-order chi connectivity index (χ0) is 22.3. The summed E-state index contributed by atoms with van der Waals surface area (Å²) in [7, 11) is 1.49. The van der Waals surface area contributed by atoms with Crippen LogP contribution in [0.3, 0.4) is 0 Å². The Labute approximate surface area is 174 Å². The molecule has 1 aromatic carbocycles. The number of anilines is 1. The highest BCUT2D eigenvalue weighted by Crippen LogP contribution is 2.20. The fourth-order valence-corrected chi connectivity index (χ4v) is 3.36. The number of aromatic nitrogens is 6. The normalized spacial score (nSPS) is 11.2. The number of halogens is 1. The van der Waals surface area contributed by atoms with Gasteiger partial charge in [0.05, 0.1) is 5.69 Å². The van der Waals surface area contributed by atoms with Crippen molar-refractivity contribution in [2.24, 2.45) is 7.05 Å². The fraction of sp³-hybridized carbons (Fsp3) is 0.250. The number of rotatable bonds is 5. The Morgan fingerprint density at radius 1 is 1.19 bits per heavy atom. The first kappa shape index (κ1) is 20.3. The van der Waals surface area contributed by atoms with Crippen LogP contribution in [-0.2, 0) is 18.3 Å². The molecule has 0 spiro atoms. The van der Waals surface area contributed by atoms with Gasteiger partial charge in [-0.25, -0.2) is 18.9 Å². The summed E-state index contributed by atoms with van der Waals surface area (Å²) < 4.78 is 17.3. The number of H-pyrrole nitrogens is 2. The van der Waals surface area contributed by atoms with Gasteiger partial charge < -0.3 is 10.3 Å². The van der Waals surface area contributed by atoms with E-state index < -0.39 is 17.1 Å². The minimum absolute atomic E-state index is 0.0481. The molecule has 3 heterocycles. The monoisotopic (exact) mass is 425 g/mol. The van der Waals surface area contributed by atoms with Gasteiger partial charge >= 0.3 is 5.69 Å². The van der Waals surface area contributed by atoms with Crippen molar-refractivity contribution in [2.45, 2.75) is 26.7 Å². The highest BCUT2D eigenvalue weighted by Gasteiger charge is 2.14. The van der Waals surface area contributed by atoms with E-state index in [0.29, 0.717) is 17.2 Å². The Morgan fingerprint density at radius 2 is 1.97 bits per heavy atom. The van der Waals surface area contributed by atoms with Gasteiger partial charge in [-0.05, 0) is 38.1 Å². The third-order valence-corrected chi connectivity index (χ3v) is 4.86. The van der Waals surface area contributed by atoms with Crippen LogP contribution in [0.2, 0.25) is 0 Å². The number of carbonyl (C=O) groups excluding carboxylic acids is 1. The molecular formula is C20H20FN7O3. The number of hydrogen-bond acceptors (Lipinski definition) is 5. The van der Waals surface area contributed by atoms with Crippen molar-refractivity contribution >= 4 is 22.8 Å². The average molecular weight is 425 g/mol. The van der Waals surface area contributed by atoms with Gasteiger partial charge in [0.25, 0.3) is 5.56 Å². The molecule has 10 nitrogen and oxygen atoms in total. The first-order valence-electron chi connectivity index (χ1n) is 9.54. The van der Waals surface area contributed by atoms with Crippen LogP contribution in [0.4, 0.5) is 10.1 Å². The van der Waals surface area contributed by atoms with Gasteiger partial charge in [0.2, 0.25) is 5.91 Å². The van der Waals surface area contributed by atoms with E-state index in [1.165, 1.54) is 22.4 Å². The molecule has 0 unspecified atom stereocenters. The van der Waals surface area contributed by atoms with Crippen LogP contribution in [-0.4, -0.2) is 35.2 Å². The van der Waals surface area contributed by atoms with E-state index in [9.17, 15) is 18.8 Å². The van der Waals surface area contributed by atoms with Gasteiger partial charge in [0, 0.05) is 31.3 Å². The summed E-state index contributed by atoms with van der Waals surface area (Å²) in [5.41, 5.74) is 1.43. The molecule has 160 valence electrons. The van der Waals surface area contributed by atoms with E-state index in [2.05, 4.69) is 25.4 Å². The van der Waals surface area contributed by atoms with E-state index in [0.717, 1.165) is 11.4 Å². The number of nitrogens with one attached hydrogen (secondary N) is 3. The second-order valence-corrected chi connectivity index (χ2v) is 7.25. The molecule has 0 aliphatic heterocycles. The van der Waals surface area contributed by atoms with E-state index in [4.69, 9.17) is 0 Å². The second kappa shape index (κ2) is 7.67. The van der Waals surface area contributed by atoms with Crippen molar-refractivity contribution in [3.8, 4) is 5.69 Å². The summed E-state index contributed by atoms with van der Waals surface area (Å²) in [6.07, 6.45) is 0.257. The number of aromatic amines is 2. The van der Waals surface area contributed by atoms with Gasteiger partial charge in [0.1, 0.15) is 17.0 Å². The molecule has 4 rings (SSSR count).